The topological polar surface area (TPSA) is 23.1 Å². The number of halogens is 1. The Bertz CT molecular complexity index is 12.8. The van der Waals surface area contributed by atoms with Gasteiger partial charge in [-0.1, -0.05) is 0 Å². The first-order valence-electron chi connectivity index (χ1n) is 0.557. The molecule has 0 heterocycles. The zero-order valence-electron chi connectivity index (χ0n) is 1.77. The second kappa shape index (κ2) is 2.69. The minimum absolute atomic E-state index is 0.724. The molecule has 0 spiro atoms. The van der Waals surface area contributed by atoms with Crippen molar-refractivity contribution >= 4 is 37.6 Å². The molecule has 0 amide bonds. The number of rotatable bonds is 0. The first-order chi connectivity index (χ1) is 1.73. The summed E-state index contributed by atoms with van der Waals surface area (Å²) in [5.41, 5.74) is 0. The van der Waals surface area contributed by atoms with Gasteiger partial charge in [0, 0.05) is 7.97 Å². The maximum atomic E-state index is 9.51. The minimum atomic E-state index is -0.724. The summed E-state index contributed by atoms with van der Waals surface area (Å²) in [5.74, 6) is 0. The van der Waals surface area contributed by atoms with Crippen LogP contribution in [-0.4, -0.2) is 4.55 Å². The molecule has 26 valence electrons. The fourth-order valence-electron chi connectivity index (χ4n) is 0. The number of hydrogen-bond donors (Lipinski definition) is 0. The van der Waals surface area contributed by atoms with Gasteiger partial charge < -0.3 is 4.55 Å². The molecule has 0 saturated heterocycles. The Hall–Kier alpha value is 1.47. The quantitative estimate of drug-likeness (QED) is 0.329. The molecular formula is H2IOPS. The molecule has 0 radical (unpaired) electrons. The third kappa shape index (κ3) is 9.80. The summed E-state index contributed by atoms with van der Waals surface area (Å²) in [6.07, 6.45) is 0. The second-order valence-electron chi connectivity index (χ2n) is 0.248. The molecule has 0 aromatic carbocycles. The first kappa shape index (κ1) is 5.47. The Kier molecular flexibility index (Phi) is 3.68. The highest BCUT2D eigenvalue weighted by atomic mass is 127. The van der Waals surface area contributed by atoms with E-state index in [2.05, 4.69) is 8.44 Å². The predicted molar refractivity (Wildman–Crippen MR) is 31.9 cm³/mol. The van der Waals surface area contributed by atoms with E-state index >= 15 is 0 Å². The van der Waals surface area contributed by atoms with Gasteiger partial charge in [0.1, 0.15) is 8.44 Å². The zero-order valence-corrected chi connectivity index (χ0v) is 5.90. The fourth-order valence-corrected chi connectivity index (χ4v) is 0. The van der Waals surface area contributed by atoms with E-state index in [1.807, 2.05) is 0 Å². The summed E-state index contributed by atoms with van der Waals surface area (Å²) in [4.78, 5) is 0. The molecule has 0 aliphatic rings. The van der Waals surface area contributed by atoms with Crippen molar-refractivity contribution in [1.82, 2.24) is 0 Å². The van der Waals surface area contributed by atoms with Gasteiger partial charge in [0.15, 0.2) is 0 Å². The molecule has 0 aromatic heterocycles. The van der Waals surface area contributed by atoms with Crippen LogP contribution in [0, 0.1) is 0 Å². The second-order valence-corrected chi connectivity index (χ2v) is 7.51. The summed E-state index contributed by atoms with van der Waals surface area (Å²) in [5, 5.41) is 0. The molecule has 2 atom stereocenters. The lowest BCUT2D eigenvalue weighted by atomic mass is 15.9. The van der Waals surface area contributed by atoms with Crippen LogP contribution < -0.4 is 0 Å². The largest absolute Gasteiger partial charge is 0.607 e. The van der Waals surface area contributed by atoms with Crippen LogP contribution in [0.25, 0.3) is 0 Å². The van der Waals surface area contributed by atoms with Crippen molar-refractivity contribution < 1.29 is 4.55 Å². The van der Waals surface area contributed by atoms with Crippen molar-refractivity contribution in [3.05, 3.63) is 0 Å². The molecule has 0 bridgehead atoms. The molecule has 0 aliphatic heterocycles. The smallest absolute Gasteiger partial charge is 0.250 e. The number of hydrogen-bond acceptors (Lipinski definition) is 1. The van der Waals surface area contributed by atoms with E-state index in [9.17, 15) is 4.55 Å². The van der Waals surface area contributed by atoms with E-state index in [1.165, 1.54) is 0 Å². The summed E-state index contributed by atoms with van der Waals surface area (Å²) in [6.45, 7) is 0. The SMILES string of the molecule is [O-][S+](P)I. The molecule has 0 aliphatic carbocycles. The first-order valence-corrected chi connectivity index (χ1v) is 5.73. The highest BCUT2D eigenvalue weighted by molar-refractivity contribution is 14.2. The van der Waals surface area contributed by atoms with E-state index in [0.29, 0.717) is 0 Å². The highest BCUT2D eigenvalue weighted by Gasteiger charge is 1.74. The van der Waals surface area contributed by atoms with Crippen molar-refractivity contribution in [3.8, 4) is 0 Å². The summed E-state index contributed by atoms with van der Waals surface area (Å²) in [7, 11) is 1.39. The van der Waals surface area contributed by atoms with Crippen LogP contribution in [-0.2, 0) is 7.97 Å². The molecule has 0 fully saturated rings. The predicted octanol–water partition coefficient (Wildman–Crippen LogP) is 0.875. The standard InChI is InChI=1S/H2IOPS/c1-4(2)3/h3H2. The normalized spacial score (nSPS) is 15.8. The Morgan fingerprint density at radius 2 is 2.00 bits per heavy atom. The zero-order chi connectivity index (χ0) is 3.58. The monoisotopic (exact) mass is 208 g/mol. The lowest BCUT2D eigenvalue weighted by Gasteiger charge is -1.81. The van der Waals surface area contributed by atoms with Gasteiger partial charge in [-0.2, -0.15) is 0 Å². The van der Waals surface area contributed by atoms with Gasteiger partial charge >= 0.3 is 0 Å². The van der Waals surface area contributed by atoms with Gasteiger partial charge in [0.05, 0.1) is 0 Å². The van der Waals surface area contributed by atoms with Crippen LogP contribution in [0.5, 0.6) is 0 Å². The van der Waals surface area contributed by atoms with Gasteiger partial charge in [-0.3, -0.25) is 0 Å². The summed E-state index contributed by atoms with van der Waals surface area (Å²) in [6, 6.07) is 0. The van der Waals surface area contributed by atoms with E-state index in [1.54, 1.807) is 21.2 Å². The maximum absolute atomic E-state index is 9.51. The lowest BCUT2D eigenvalue weighted by molar-refractivity contribution is 0.624. The lowest BCUT2D eigenvalue weighted by Crippen LogP contribution is -1.60. The van der Waals surface area contributed by atoms with E-state index in [0.717, 1.165) is 0 Å². The van der Waals surface area contributed by atoms with Gasteiger partial charge in [-0.05, 0) is 0 Å². The third-order valence-electron chi connectivity index (χ3n) is 0. The summed E-state index contributed by atoms with van der Waals surface area (Å²) < 4.78 is 9.51. The van der Waals surface area contributed by atoms with Crippen molar-refractivity contribution in [2.75, 3.05) is 0 Å². The Morgan fingerprint density at radius 3 is 2.00 bits per heavy atom. The molecule has 0 rings (SSSR count). The van der Waals surface area contributed by atoms with Crippen molar-refractivity contribution in [1.29, 1.82) is 0 Å². The summed E-state index contributed by atoms with van der Waals surface area (Å²) >= 11 is 1.78. The van der Waals surface area contributed by atoms with Crippen LogP contribution in [0.15, 0.2) is 0 Å². The van der Waals surface area contributed by atoms with Crippen LogP contribution >= 0.6 is 29.6 Å². The molecule has 0 N–H and O–H groups in total. The van der Waals surface area contributed by atoms with Gasteiger partial charge in [0.25, 0.3) is 0 Å². The average molecular weight is 208 g/mol. The maximum Gasteiger partial charge on any atom is 0.250 e. The van der Waals surface area contributed by atoms with Crippen LogP contribution in [0.3, 0.4) is 0 Å². The van der Waals surface area contributed by atoms with Gasteiger partial charge in [-0.25, -0.2) is 0 Å². The van der Waals surface area contributed by atoms with Crippen molar-refractivity contribution in [2.24, 2.45) is 0 Å². The van der Waals surface area contributed by atoms with Crippen molar-refractivity contribution in [2.45, 2.75) is 0 Å². The van der Waals surface area contributed by atoms with Gasteiger partial charge in [0.2, 0.25) is 21.2 Å². The Morgan fingerprint density at radius 1 is 2.00 bits per heavy atom. The molecular weight excluding hydrogens is 206 g/mol. The molecule has 0 saturated carbocycles. The molecule has 1 nitrogen and oxygen atoms in total. The molecule has 4 heavy (non-hydrogen) atoms. The fraction of sp³-hybridized carbons (Fsp3) is 0. The van der Waals surface area contributed by atoms with E-state index < -0.39 is 7.97 Å². The minimum Gasteiger partial charge on any atom is -0.607 e. The Labute approximate surface area is 42.3 Å². The molecule has 2 unspecified atom stereocenters. The van der Waals surface area contributed by atoms with Crippen LogP contribution in [0.1, 0.15) is 0 Å². The van der Waals surface area contributed by atoms with Crippen molar-refractivity contribution in [3.63, 3.8) is 0 Å². The third-order valence-corrected chi connectivity index (χ3v) is 0. The molecule has 4 heteroatoms. The average Bonchev–Trinajstić information content (AvgIpc) is 0.811. The Balaban J connectivity index is 2.32. The van der Waals surface area contributed by atoms with Gasteiger partial charge in [-0.15, -0.1) is 0 Å². The molecule has 0 aromatic rings. The van der Waals surface area contributed by atoms with E-state index in [4.69, 9.17) is 0 Å². The highest BCUT2D eigenvalue weighted by Crippen LogP contribution is 2.08. The van der Waals surface area contributed by atoms with Crippen LogP contribution in [0.4, 0.5) is 0 Å². The van der Waals surface area contributed by atoms with Crippen LogP contribution in [0.2, 0.25) is 0 Å². The van der Waals surface area contributed by atoms with E-state index in [-0.39, 0.29) is 0 Å².